The Balaban J connectivity index is 2.91. The lowest BCUT2D eigenvalue weighted by atomic mass is 9.87. The van der Waals surface area contributed by atoms with E-state index in [0.717, 1.165) is 5.56 Å². The molecule has 1 heteroatoms. The molecule has 0 saturated heterocycles. The van der Waals surface area contributed by atoms with Gasteiger partial charge in [-0.05, 0) is 37.0 Å². The van der Waals surface area contributed by atoms with Crippen molar-refractivity contribution in [1.82, 2.24) is 0 Å². The summed E-state index contributed by atoms with van der Waals surface area (Å²) in [6.07, 6.45) is 0. The van der Waals surface area contributed by atoms with Crippen molar-refractivity contribution in [3.8, 4) is 11.8 Å². The number of hydrogen-bond acceptors (Lipinski definition) is 0. The van der Waals surface area contributed by atoms with E-state index in [1.54, 1.807) is 0 Å². The first kappa shape index (κ1) is 13.1. The lowest BCUT2D eigenvalue weighted by Crippen LogP contribution is -2.10. The third kappa shape index (κ3) is 4.29. The summed E-state index contributed by atoms with van der Waals surface area (Å²) in [4.78, 5) is -0.456. The molecule has 0 unspecified atom stereocenters. The molecule has 0 aliphatic heterocycles. The monoisotopic (exact) mass is 234 g/mol. The normalized spacial score (nSPS) is 11.9. The highest BCUT2D eigenvalue weighted by atomic mass is 35.5. The standard InChI is InChI=1S/C15H19Cl/c1-14(2,3)13-8-6-12(7-9-13)10-11-15(4,5)16/h6-9H,1-5H3. The average Bonchev–Trinajstić information content (AvgIpc) is 2.13. The Bertz CT molecular complexity index is 402. The molecule has 0 heterocycles. The van der Waals surface area contributed by atoms with Crippen molar-refractivity contribution in [3.05, 3.63) is 35.4 Å². The third-order valence-electron chi connectivity index (χ3n) is 2.26. The van der Waals surface area contributed by atoms with E-state index < -0.39 is 4.87 Å². The van der Waals surface area contributed by atoms with Crippen molar-refractivity contribution in [2.45, 2.75) is 44.9 Å². The van der Waals surface area contributed by atoms with Gasteiger partial charge in [-0.3, -0.25) is 0 Å². The summed E-state index contributed by atoms with van der Waals surface area (Å²) >= 11 is 6.01. The summed E-state index contributed by atoms with van der Waals surface area (Å²) in [5, 5.41) is 0. The average molecular weight is 235 g/mol. The molecule has 0 fully saturated rings. The first-order chi connectivity index (χ1) is 7.18. The Morgan fingerprint density at radius 3 is 1.81 bits per heavy atom. The number of halogens is 1. The second kappa shape index (κ2) is 4.52. The summed E-state index contributed by atoms with van der Waals surface area (Å²) in [7, 11) is 0. The molecule has 16 heavy (non-hydrogen) atoms. The van der Waals surface area contributed by atoms with E-state index in [4.69, 9.17) is 11.6 Å². The van der Waals surface area contributed by atoms with E-state index in [1.807, 2.05) is 13.8 Å². The molecule has 0 radical (unpaired) electrons. The molecule has 0 bridgehead atoms. The quantitative estimate of drug-likeness (QED) is 0.462. The van der Waals surface area contributed by atoms with Crippen LogP contribution >= 0.6 is 11.6 Å². The summed E-state index contributed by atoms with van der Waals surface area (Å²) in [5.74, 6) is 6.09. The van der Waals surface area contributed by atoms with Crippen molar-refractivity contribution in [3.63, 3.8) is 0 Å². The van der Waals surface area contributed by atoms with Crippen LogP contribution in [-0.4, -0.2) is 4.87 Å². The van der Waals surface area contributed by atoms with Gasteiger partial charge in [0.2, 0.25) is 0 Å². The van der Waals surface area contributed by atoms with Crippen molar-refractivity contribution >= 4 is 11.6 Å². The Labute approximate surface area is 104 Å². The van der Waals surface area contributed by atoms with Gasteiger partial charge in [-0.15, -0.1) is 11.6 Å². The maximum atomic E-state index is 6.01. The van der Waals surface area contributed by atoms with Crippen molar-refractivity contribution < 1.29 is 0 Å². The number of alkyl halides is 1. The van der Waals surface area contributed by atoms with Gasteiger partial charge < -0.3 is 0 Å². The third-order valence-corrected chi connectivity index (χ3v) is 2.35. The zero-order chi connectivity index (χ0) is 12.4. The van der Waals surface area contributed by atoms with Crippen LogP contribution in [0.25, 0.3) is 0 Å². The molecular weight excluding hydrogens is 216 g/mol. The fourth-order valence-electron chi connectivity index (χ4n) is 1.27. The van der Waals surface area contributed by atoms with Gasteiger partial charge in [-0.1, -0.05) is 44.7 Å². The van der Waals surface area contributed by atoms with Crippen LogP contribution < -0.4 is 0 Å². The molecule has 0 aliphatic carbocycles. The zero-order valence-electron chi connectivity index (χ0n) is 10.7. The Morgan fingerprint density at radius 1 is 0.938 bits per heavy atom. The molecule has 86 valence electrons. The Kier molecular flexibility index (Phi) is 3.71. The van der Waals surface area contributed by atoms with E-state index in [0.29, 0.717) is 0 Å². The topological polar surface area (TPSA) is 0 Å². The van der Waals surface area contributed by atoms with Crippen LogP contribution in [0, 0.1) is 11.8 Å². The molecule has 0 N–H and O–H groups in total. The van der Waals surface area contributed by atoms with Crippen LogP contribution in [0.4, 0.5) is 0 Å². The van der Waals surface area contributed by atoms with Gasteiger partial charge in [0.25, 0.3) is 0 Å². The molecule has 0 aliphatic rings. The minimum absolute atomic E-state index is 0.192. The minimum atomic E-state index is -0.456. The molecule has 1 rings (SSSR count). The Hall–Kier alpha value is -0.930. The van der Waals surface area contributed by atoms with Crippen LogP contribution in [0.3, 0.4) is 0 Å². The van der Waals surface area contributed by atoms with E-state index in [1.165, 1.54) is 5.56 Å². The van der Waals surface area contributed by atoms with Gasteiger partial charge in [0, 0.05) is 5.56 Å². The molecule has 1 aromatic rings. The van der Waals surface area contributed by atoms with Crippen LogP contribution in [0.2, 0.25) is 0 Å². The smallest absolute Gasteiger partial charge is 0.0997 e. The summed E-state index contributed by atoms with van der Waals surface area (Å²) in [6, 6.07) is 8.36. The maximum absolute atomic E-state index is 6.01. The zero-order valence-corrected chi connectivity index (χ0v) is 11.4. The largest absolute Gasteiger partial charge is 0.106 e. The number of rotatable bonds is 0. The van der Waals surface area contributed by atoms with Crippen molar-refractivity contribution in [2.24, 2.45) is 0 Å². The van der Waals surface area contributed by atoms with Gasteiger partial charge in [0.15, 0.2) is 0 Å². The first-order valence-corrected chi connectivity index (χ1v) is 5.89. The second-order valence-corrected chi connectivity index (χ2v) is 6.49. The second-order valence-electron chi connectivity index (χ2n) is 5.55. The molecule has 0 nitrogen and oxygen atoms in total. The van der Waals surface area contributed by atoms with Gasteiger partial charge in [-0.2, -0.15) is 0 Å². The van der Waals surface area contributed by atoms with Crippen molar-refractivity contribution in [2.75, 3.05) is 0 Å². The van der Waals surface area contributed by atoms with Crippen LogP contribution in [0.5, 0.6) is 0 Å². The summed E-state index contributed by atoms with van der Waals surface area (Å²) in [6.45, 7) is 10.4. The highest BCUT2D eigenvalue weighted by Gasteiger charge is 2.12. The van der Waals surface area contributed by atoms with Gasteiger partial charge >= 0.3 is 0 Å². The number of benzene rings is 1. The SMILES string of the molecule is CC(C)(Cl)C#Cc1ccc(C(C)(C)C)cc1. The highest BCUT2D eigenvalue weighted by Crippen LogP contribution is 2.22. The molecular formula is C15H19Cl. The lowest BCUT2D eigenvalue weighted by Gasteiger charge is -2.18. The van der Waals surface area contributed by atoms with E-state index in [9.17, 15) is 0 Å². The summed E-state index contributed by atoms with van der Waals surface area (Å²) < 4.78 is 0. The van der Waals surface area contributed by atoms with Crippen molar-refractivity contribution in [1.29, 1.82) is 0 Å². The summed E-state index contributed by atoms with van der Waals surface area (Å²) in [5.41, 5.74) is 2.53. The number of hydrogen-bond donors (Lipinski definition) is 0. The lowest BCUT2D eigenvalue weighted by molar-refractivity contribution is 0.590. The molecule has 0 aromatic heterocycles. The van der Waals surface area contributed by atoms with Gasteiger partial charge in [0.1, 0.15) is 0 Å². The van der Waals surface area contributed by atoms with E-state index >= 15 is 0 Å². The maximum Gasteiger partial charge on any atom is 0.0997 e. The predicted octanol–water partition coefficient (Wildman–Crippen LogP) is 4.35. The minimum Gasteiger partial charge on any atom is -0.106 e. The van der Waals surface area contributed by atoms with E-state index in [2.05, 4.69) is 56.9 Å². The highest BCUT2D eigenvalue weighted by molar-refractivity contribution is 6.25. The van der Waals surface area contributed by atoms with Gasteiger partial charge in [-0.25, -0.2) is 0 Å². The predicted molar refractivity (Wildman–Crippen MR) is 72.0 cm³/mol. The first-order valence-electron chi connectivity index (χ1n) is 5.51. The Morgan fingerprint density at radius 2 is 1.44 bits per heavy atom. The van der Waals surface area contributed by atoms with Gasteiger partial charge in [0.05, 0.1) is 4.87 Å². The molecule has 1 aromatic carbocycles. The van der Waals surface area contributed by atoms with Crippen LogP contribution in [0.1, 0.15) is 45.7 Å². The fraction of sp³-hybridized carbons (Fsp3) is 0.467. The van der Waals surface area contributed by atoms with E-state index in [-0.39, 0.29) is 5.41 Å². The van der Waals surface area contributed by atoms with Crippen LogP contribution in [0.15, 0.2) is 24.3 Å². The fourth-order valence-corrected chi connectivity index (χ4v) is 1.32. The molecule has 0 amide bonds. The molecule has 0 saturated carbocycles. The molecule has 0 atom stereocenters. The molecule has 0 spiro atoms. The van der Waals surface area contributed by atoms with Crippen LogP contribution in [-0.2, 0) is 5.41 Å².